The second-order valence-corrected chi connectivity index (χ2v) is 6.23. The van der Waals surface area contributed by atoms with Gasteiger partial charge in [-0.3, -0.25) is 0 Å². The van der Waals surface area contributed by atoms with Gasteiger partial charge in [0.1, 0.15) is 5.75 Å². The third kappa shape index (κ3) is 3.28. The van der Waals surface area contributed by atoms with Gasteiger partial charge < -0.3 is 4.74 Å². The van der Waals surface area contributed by atoms with Crippen molar-refractivity contribution < 1.29 is 9.13 Å². The molecule has 0 spiro atoms. The molecule has 0 aliphatic carbocycles. The second-order valence-electron chi connectivity index (χ2n) is 5.79. The lowest BCUT2D eigenvalue weighted by Crippen LogP contribution is -2.13. The monoisotopic (exact) mass is 293 g/mol. The van der Waals surface area contributed by atoms with Crippen molar-refractivity contribution in [3.8, 4) is 11.6 Å². The number of aromatic nitrogens is 1. The molecule has 0 N–H and O–H groups in total. The normalized spacial score (nSPS) is 11.5. The first-order valence-electron chi connectivity index (χ1n) is 6.37. The summed E-state index contributed by atoms with van der Waals surface area (Å²) in [4.78, 5) is 3.89. The third-order valence-corrected chi connectivity index (χ3v) is 3.13. The molecule has 1 heterocycles. The molecule has 4 heteroatoms. The van der Waals surface area contributed by atoms with Crippen molar-refractivity contribution >= 4 is 11.6 Å². The Morgan fingerprint density at radius 2 is 1.90 bits per heavy atom. The second kappa shape index (κ2) is 5.41. The number of rotatable bonds is 2. The van der Waals surface area contributed by atoms with Gasteiger partial charge in [0.15, 0.2) is 5.82 Å². The quantitative estimate of drug-likeness (QED) is 0.752. The fraction of sp³-hybridized carbons (Fsp3) is 0.312. The van der Waals surface area contributed by atoms with Crippen molar-refractivity contribution in [1.29, 1.82) is 0 Å². The zero-order chi connectivity index (χ0) is 14.9. The van der Waals surface area contributed by atoms with Gasteiger partial charge in [0.25, 0.3) is 5.88 Å². The van der Waals surface area contributed by atoms with Gasteiger partial charge in [-0.1, -0.05) is 50.1 Å². The first-order chi connectivity index (χ1) is 9.27. The number of benzene rings is 1. The first kappa shape index (κ1) is 14.8. The molecule has 1 aromatic heterocycles. The summed E-state index contributed by atoms with van der Waals surface area (Å²) in [6.45, 7) is 8.26. The van der Waals surface area contributed by atoms with Crippen LogP contribution in [0.25, 0.3) is 0 Å². The SMILES string of the molecule is Cc1ccc(Oc2ncc(Cl)cc2F)c(C(C)(C)C)c1. The van der Waals surface area contributed by atoms with E-state index >= 15 is 0 Å². The van der Waals surface area contributed by atoms with Crippen molar-refractivity contribution in [3.05, 3.63) is 52.4 Å². The molecule has 0 aliphatic heterocycles. The maximum atomic E-state index is 13.8. The number of hydrogen-bond acceptors (Lipinski definition) is 2. The highest BCUT2D eigenvalue weighted by Crippen LogP contribution is 2.35. The fourth-order valence-corrected chi connectivity index (χ4v) is 2.04. The molecule has 0 amide bonds. The maximum absolute atomic E-state index is 13.8. The summed E-state index contributed by atoms with van der Waals surface area (Å²) >= 11 is 5.69. The Bertz CT molecular complexity index is 635. The standard InChI is InChI=1S/C16H17ClFNO/c1-10-5-6-14(12(7-10)16(2,3)4)20-15-13(18)8-11(17)9-19-15/h5-9H,1-4H3. The van der Waals surface area contributed by atoms with E-state index in [4.69, 9.17) is 16.3 Å². The Morgan fingerprint density at radius 3 is 2.50 bits per heavy atom. The van der Waals surface area contributed by atoms with Gasteiger partial charge in [-0.15, -0.1) is 0 Å². The Morgan fingerprint density at radius 1 is 1.20 bits per heavy atom. The Balaban J connectivity index is 2.43. The molecule has 0 unspecified atom stereocenters. The van der Waals surface area contributed by atoms with E-state index in [2.05, 4.69) is 25.8 Å². The molecular formula is C16H17ClFNO. The summed E-state index contributed by atoms with van der Waals surface area (Å²) in [6.07, 6.45) is 1.37. The summed E-state index contributed by atoms with van der Waals surface area (Å²) in [5, 5.41) is 0.245. The molecule has 106 valence electrons. The smallest absolute Gasteiger partial charge is 0.255 e. The molecule has 2 rings (SSSR count). The molecule has 20 heavy (non-hydrogen) atoms. The molecule has 0 bridgehead atoms. The first-order valence-corrected chi connectivity index (χ1v) is 6.75. The summed E-state index contributed by atoms with van der Waals surface area (Å²) in [5.74, 6) is -0.0292. The predicted octanol–water partition coefficient (Wildman–Crippen LogP) is 5.27. The lowest BCUT2D eigenvalue weighted by Gasteiger charge is -2.23. The van der Waals surface area contributed by atoms with E-state index < -0.39 is 5.82 Å². The Hall–Kier alpha value is -1.61. The van der Waals surface area contributed by atoms with Crippen molar-refractivity contribution in [1.82, 2.24) is 4.98 Å². The van der Waals surface area contributed by atoms with Crippen molar-refractivity contribution in [2.75, 3.05) is 0 Å². The van der Waals surface area contributed by atoms with E-state index in [-0.39, 0.29) is 16.3 Å². The van der Waals surface area contributed by atoms with Gasteiger partial charge >= 0.3 is 0 Å². The van der Waals surface area contributed by atoms with Crippen LogP contribution in [0.15, 0.2) is 30.5 Å². The van der Waals surface area contributed by atoms with Gasteiger partial charge in [0.2, 0.25) is 0 Å². The largest absolute Gasteiger partial charge is 0.436 e. The van der Waals surface area contributed by atoms with Gasteiger partial charge in [-0.05, 0) is 24.5 Å². The number of aryl methyl sites for hydroxylation is 1. The minimum absolute atomic E-state index is 0.0660. The zero-order valence-electron chi connectivity index (χ0n) is 12.0. The van der Waals surface area contributed by atoms with Crippen LogP contribution in [0.4, 0.5) is 4.39 Å². The third-order valence-electron chi connectivity index (χ3n) is 2.92. The minimum Gasteiger partial charge on any atom is -0.436 e. The summed E-state index contributed by atoms with van der Waals surface area (Å²) < 4.78 is 19.4. The van der Waals surface area contributed by atoms with Crippen molar-refractivity contribution in [2.24, 2.45) is 0 Å². The van der Waals surface area contributed by atoms with E-state index in [0.29, 0.717) is 5.75 Å². The molecule has 0 fully saturated rings. The number of ether oxygens (including phenoxy) is 1. The van der Waals surface area contributed by atoms with E-state index in [1.807, 2.05) is 25.1 Å². The van der Waals surface area contributed by atoms with Gasteiger partial charge in [0.05, 0.1) is 5.02 Å². The average Bonchev–Trinajstić information content (AvgIpc) is 2.33. The highest BCUT2D eigenvalue weighted by molar-refractivity contribution is 6.30. The van der Waals surface area contributed by atoms with E-state index in [1.165, 1.54) is 12.3 Å². The number of pyridine rings is 1. The maximum Gasteiger partial charge on any atom is 0.255 e. The molecule has 0 radical (unpaired) electrons. The van der Waals surface area contributed by atoms with Crippen LogP contribution in [0, 0.1) is 12.7 Å². The van der Waals surface area contributed by atoms with Crippen LogP contribution in [0.1, 0.15) is 31.9 Å². The summed E-state index contributed by atoms with van der Waals surface area (Å²) in [7, 11) is 0. The van der Waals surface area contributed by atoms with E-state index in [1.54, 1.807) is 0 Å². The van der Waals surface area contributed by atoms with Crippen LogP contribution < -0.4 is 4.74 Å². The molecule has 0 saturated heterocycles. The van der Waals surface area contributed by atoms with Crippen LogP contribution >= 0.6 is 11.6 Å². The molecule has 2 nitrogen and oxygen atoms in total. The van der Waals surface area contributed by atoms with Crippen molar-refractivity contribution in [2.45, 2.75) is 33.1 Å². The molecule has 0 saturated carbocycles. The molecule has 2 aromatic rings. The zero-order valence-corrected chi connectivity index (χ0v) is 12.8. The lowest BCUT2D eigenvalue weighted by molar-refractivity contribution is 0.408. The topological polar surface area (TPSA) is 22.1 Å². The highest BCUT2D eigenvalue weighted by atomic mass is 35.5. The van der Waals surface area contributed by atoms with E-state index in [0.717, 1.165) is 11.1 Å². The van der Waals surface area contributed by atoms with Gasteiger partial charge in [-0.2, -0.15) is 0 Å². The van der Waals surface area contributed by atoms with Gasteiger partial charge in [0, 0.05) is 11.8 Å². The Labute approximate surface area is 123 Å². The number of hydrogen-bond donors (Lipinski definition) is 0. The highest BCUT2D eigenvalue weighted by Gasteiger charge is 2.20. The average molecular weight is 294 g/mol. The van der Waals surface area contributed by atoms with Gasteiger partial charge in [-0.25, -0.2) is 9.37 Å². The number of halogens is 2. The van der Waals surface area contributed by atoms with Crippen LogP contribution in [0.3, 0.4) is 0 Å². The van der Waals surface area contributed by atoms with Crippen LogP contribution in [0.2, 0.25) is 5.02 Å². The summed E-state index contributed by atoms with van der Waals surface area (Å²) in [5.41, 5.74) is 2.03. The van der Waals surface area contributed by atoms with Crippen LogP contribution in [-0.4, -0.2) is 4.98 Å². The fourth-order valence-electron chi connectivity index (χ4n) is 1.90. The van der Waals surface area contributed by atoms with E-state index in [9.17, 15) is 4.39 Å². The number of nitrogens with zero attached hydrogens (tertiary/aromatic N) is 1. The minimum atomic E-state index is -0.571. The molecular weight excluding hydrogens is 277 g/mol. The van der Waals surface area contributed by atoms with Crippen LogP contribution in [-0.2, 0) is 5.41 Å². The Kier molecular flexibility index (Phi) is 4.00. The molecule has 0 atom stereocenters. The molecule has 1 aromatic carbocycles. The van der Waals surface area contributed by atoms with Crippen molar-refractivity contribution in [3.63, 3.8) is 0 Å². The van der Waals surface area contributed by atoms with Crippen LogP contribution in [0.5, 0.6) is 11.6 Å². The predicted molar refractivity (Wildman–Crippen MR) is 79.2 cm³/mol. The molecule has 0 aliphatic rings. The lowest BCUT2D eigenvalue weighted by atomic mass is 9.85. The summed E-state index contributed by atoms with van der Waals surface area (Å²) in [6, 6.07) is 7.00.